The van der Waals surface area contributed by atoms with Gasteiger partial charge in [0.2, 0.25) is 5.91 Å². The molecule has 5 amide bonds. The van der Waals surface area contributed by atoms with Crippen LogP contribution in [0, 0.1) is 0 Å². The molecule has 1 aromatic carbocycles. The SMILES string of the molecule is CCN(Cc1ccccc1)C(=O)CN1C(=O)C(=O)N(C2CCCC2)C1=O. The van der Waals surface area contributed by atoms with Gasteiger partial charge in [0.1, 0.15) is 6.54 Å². The predicted octanol–water partition coefficient (Wildman–Crippen LogP) is 1.77. The van der Waals surface area contributed by atoms with Crippen molar-refractivity contribution in [2.75, 3.05) is 13.1 Å². The number of carbonyl (C=O) groups is 4. The molecular formula is C19H23N3O4. The number of hydrogen-bond acceptors (Lipinski definition) is 4. The summed E-state index contributed by atoms with van der Waals surface area (Å²) in [4.78, 5) is 53.0. The van der Waals surface area contributed by atoms with E-state index >= 15 is 0 Å². The van der Waals surface area contributed by atoms with Gasteiger partial charge in [0.15, 0.2) is 0 Å². The summed E-state index contributed by atoms with van der Waals surface area (Å²) < 4.78 is 0. The maximum absolute atomic E-state index is 12.6. The van der Waals surface area contributed by atoms with Crippen LogP contribution in [0.25, 0.3) is 0 Å². The Morgan fingerprint density at radius 3 is 2.35 bits per heavy atom. The molecule has 1 aromatic rings. The number of benzene rings is 1. The number of nitrogens with zero attached hydrogens (tertiary/aromatic N) is 3. The zero-order valence-electron chi connectivity index (χ0n) is 14.9. The highest BCUT2D eigenvalue weighted by atomic mass is 16.2. The van der Waals surface area contributed by atoms with Gasteiger partial charge in [-0.1, -0.05) is 43.2 Å². The van der Waals surface area contributed by atoms with Crippen LogP contribution < -0.4 is 0 Å². The molecule has 0 aromatic heterocycles. The Bertz CT molecular complexity index is 713. The predicted molar refractivity (Wildman–Crippen MR) is 93.7 cm³/mol. The number of amides is 5. The fourth-order valence-corrected chi connectivity index (χ4v) is 3.56. The molecule has 3 rings (SSSR count). The summed E-state index contributed by atoms with van der Waals surface area (Å²) in [6.45, 7) is 2.29. The standard InChI is InChI=1S/C19H23N3O4/c1-2-20(12-14-8-4-3-5-9-14)16(23)13-21-17(24)18(25)22(19(21)26)15-10-6-7-11-15/h3-5,8-9,15H,2,6-7,10-13H2,1H3. The van der Waals surface area contributed by atoms with Crippen LogP contribution in [0.1, 0.15) is 38.2 Å². The maximum Gasteiger partial charge on any atom is 0.334 e. The molecule has 0 atom stereocenters. The lowest BCUT2D eigenvalue weighted by Crippen LogP contribution is -2.44. The van der Waals surface area contributed by atoms with Crippen molar-refractivity contribution in [1.82, 2.24) is 14.7 Å². The second-order valence-electron chi connectivity index (χ2n) is 6.68. The molecule has 0 radical (unpaired) electrons. The minimum absolute atomic E-state index is 0.217. The van der Waals surface area contributed by atoms with Crippen LogP contribution in [0.4, 0.5) is 4.79 Å². The second kappa shape index (κ2) is 7.68. The first-order valence-corrected chi connectivity index (χ1v) is 9.03. The Labute approximate surface area is 152 Å². The Morgan fingerprint density at radius 2 is 1.73 bits per heavy atom. The van der Waals surface area contributed by atoms with Crippen LogP contribution in [0.2, 0.25) is 0 Å². The molecule has 2 fully saturated rings. The molecule has 0 spiro atoms. The van der Waals surface area contributed by atoms with Crippen LogP contribution >= 0.6 is 0 Å². The van der Waals surface area contributed by atoms with Gasteiger partial charge < -0.3 is 4.90 Å². The molecule has 26 heavy (non-hydrogen) atoms. The number of hydrogen-bond donors (Lipinski definition) is 0. The van der Waals surface area contributed by atoms with Gasteiger partial charge >= 0.3 is 17.8 Å². The van der Waals surface area contributed by atoms with E-state index < -0.39 is 24.4 Å². The van der Waals surface area contributed by atoms with Gasteiger partial charge in [0.25, 0.3) is 0 Å². The number of imide groups is 2. The lowest BCUT2D eigenvalue weighted by molar-refractivity contribution is -0.145. The van der Waals surface area contributed by atoms with Crippen LogP contribution in [-0.4, -0.2) is 57.6 Å². The third-order valence-corrected chi connectivity index (χ3v) is 5.02. The van der Waals surface area contributed by atoms with E-state index in [1.165, 1.54) is 0 Å². The van der Waals surface area contributed by atoms with Crippen LogP contribution in [-0.2, 0) is 20.9 Å². The first-order valence-electron chi connectivity index (χ1n) is 9.03. The van der Waals surface area contributed by atoms with Crippen LogP contribution in [0.15, 0.2) is 30.3 Å². The lowest BCUT2D eigenvalue weighted by Gasteiger charge is -2.24. The fraction of sp³-hybridized carbons (Fsp3) is 0.474. The summed E-state index contributed by atoms with van der Waals surface area (Å²) in [5, 5.41) is 0. The topological polar surface area (TPSA) is 78.0 Å². The minimum Gasteiger partial charge on any atom is -0.337 e. The first-order chi connectivity index (χ1) is 12.5. The third-order valence-electron chi connectivity index (χ3n) is 5.02. The van der Waals surface area contributed by atoms with Crippen molar-refractivity contribution in [1.29, 1.82) is 0 Å². The van der Waals surface area contributed by atoms with Crippen molar-refractivity contribution in [3.8, 4) is 0 Å². The molecule has 2 aliphatic rings. The van der Waals surface area contributed by atoms with Gasteiger partial charge in [0.05, 0.1) is 0 Å². The first kappa shape index (κ1) is 18.1. The summed E-state index contributed by atoms with van der Waals surface area (Å²) in [5.41, 5.74) is 0.963. The molecule has 138 valence electrons. The van der Waals surface area contributed by atoms with Crippen LogP contribution in [0.5, 0.6) is 0 Å². The summed E-state index contributed by atoms with van der Waals surface area (Å²) >= 11 is 0. The van der Waals surface area contributed by atoms with Crippen molar-refractivity contribution in [3.63, 3.8) is 0 Å². The number of carbonyl (C=O) groups excluding carboxylic acids is 4. The zero-order chi connectivity index (χ0) is 18.7. The maximum atomic E-state index is 12.6. The normalized spacial score (nSPS) is 18.1. The van der Waals surface area contributed by atoms with E-state index in [1.807, 2.05) is 37.3 Å². The van der Waals surface area contributed by atoms with Gasteiger partial charge in [-0.3, -0.25) is 19.3 Å². The molecule has 0 N–H and O–H groups in total. The quantitative estimate of drug-likeness (QED) is 0.574. The molecular weight excluding hydrogens is 334 g/mol. The molecule has 1 aliphatic heterocycles. The van der Waals surface area contributed by atoms with Crippen molar-refractivity contribution in [2.45, 2.75) is 45.2 Å². The van der Waals surface area contributed by atoms with Crippen molar-refractivity contribution >= 4 is 23.8 Å². The van der Waals surface area contributed by atoms with Gasteiger partial charge in [-0.05, 0) is 25.3 Å². The average Bonchev–Trinajstić information content (AvgIpc) is 3.24. The Morgan fingerprint density at radius 1 is 1.08 bits per heavy atom. The molecule has 0 unspecified atom stereocenters. The monoisotopic (exact) mass is 357 g/mol. The molecule has 7 nitrogen and oxygen atoms in total. The van der Waals surface area contributed by atoms with Crippen LogP contribution in [0.3, 0.4) is 0 Å². The largest absolute Gasteiger partial charge is 0.337 e. The number of rotatable bonds is 6. The highest BCUT2D eigenvalue weighted by molar-refractivity contribution is 6.45. The van der Waals surface area contributed by atoms with Crippen molar-refractivity contribution < 1.29 is 19.2 Å². The fourth-order valence-electron chi connectivity index (χ4n) is 3.56. The molecule has 0 bridgehead atoms. The highest BCUT2D eigenvalue weighted by Crippen LogP contribution is 2.27. The van der Waals surface area contributed by atoms with Gasteiger partial charge in [-0.2, -0.15) is 0 Å². The molecule has 1 aliphatic carbocycles. The van der Waals surface area contributed by atoms with E-state index in [1.54, 1.807) is 4.90 Å². The Balaban J connectivity index is 1.68. The van der Waals surface area contributed by atoms with Crippen molar-refractivity contribution in [3.05, 3.63) is 35.9 Å². The minimum atomic E-state index is -0.897. The van der Waals surface area contributed by atoms with E-state index in [0.717, 1.165) is 41.0 Å². The Kier molecular flexibility index (Phi) is 5.35. The van der Waals surface area contributed by atoms with Crippen molar-refractivity contribution in [2.24, 2.45) is 0 Å². The van der Waals surface area contributed by atoms with Gasteiger partial charge in [0, 0.05) is 19.1 Å². The highest BCUT2D eigenvalue weighted by Gasteiger charge is 2.48. The molecule has 7 heteroatoms. The van der Waals surface area contributed by atoms with E-state index in [0.29, 0.717) is 13.1 Å². The molecule has 1 saturated carbocycles. The molecule has 1 heterocycles. The molecule has 1 saturated heterocycles. The van der Waals surface area contributed by atoms with E-state index in [2.05, 4.69) is 0 Å². The Hall–Kier alpha value is -2.70. The number of likely N-dealkylation sites (N-methyl/N-ethyl adjacent to an activating group) is 1. The average molecular weight is 357 g/mol. The summed E-state index contributed by atoms with van der Waals surface area (Å²) in [6.07, 6.45) is 3.33. The third kappa shape index (κ3) is 3.47. The summed E-state index contributed by atoms with van der Waals surface area (Å²) in [5.74, 6) is -2.05. The van der Waals surface area contributed by atoms with E-state index in [9.17, 15) is 19.2 Å². The number of urea groups is 1. The van der Waals surface area contributed by atoms with Gasteiger partial charge in [-0.25, -0.2) is 9.69 Å². The van der Waals surface area contributed by atoms with E-state index in [-0.39, 0.29) is 11.9 Å². The second-order valence-corrected chi connectivity index (χ2v) is 6.68. The van der Waals surface area contributed by atoms with Gasteiger partial charge in [-0.15, -0.1) is 0 Å². The summed E-state index contributed by atoms with van der Waals surface area (Å²) in [6, 6.07) is 8.62. The zero-order valence-corrected chi connectivity index (χ0v) is 14.9. The van der Waals surface area contributed by atoms with E-state index in [4.69, 9.17) is 0 Å². The summed E-state index contributed by atoms with van der Waals surface area (Å²) in [7, 11) is 0. The smallest absolute Gasteiger partial charge is 0.334 e. The lowest BCUT2D eigenvalue weighted by atomic mass is 10.2.